The van der Waals surface area contributed by atoms with Gasteiger partial charge >= 0.3 is 0 Å². The molecule has 2 heterocycles. The number of hydrogen-bond acceptors (Lipinski definition) is 4. The highest BCUT2D eigenvalue weighted by molar-refractivity contribution is 9.10. The molecule has 0 spiro atoms. The van der Waals surface area contributed by atoms with Crippen LogP contribution in [0.2, 0.25) is 0 Å². The van der Waals surface area contributed by atoms with Crippen LogP contribution in [0.1, 0.15) is 10.5 Å². The SMILES string of the molecule is CNC(=O)c1cc(Oc2ccc3c(c2)nc(-c2ccc(Br)cc2)n3C)ccn1. The van der Waals surface area contributed by atoms with Gasteiger partial charge in [0.15, 0.2) is 0 Å². The van der Waals surface area contributed by atoms with Gasteiger partial charge in [0.05, 0.1) is 11.0 Å². The van der Waals surface area contributed by atoms with Gasteiger partial charge in [-0.05, 0) is 30.3 Å². The first-order valence-corrected chi connectivity index (χ1v) is 9.43. The predicted octanol–water partition coefficient (Wildman–Crippen LogP) is 4.55. The number of aryl methyl sites for hydroxylation is 1. The number of rotatable bonds is 4. The van der Waals surface area contributed by atoms with Gasteiger partial charge in [0.2, 0.25) is 0 Å². The number of nitrogens with one attached hydrogen (secondary N) is 1. The number of benzene rings is 2. The summed E-state index contributed by atoms with van der Waals surface area (Å²) in [5.74, 6) is 1.80. The molecule has 0 aliphatic heterocycles. The van der Waals surface area contributed by atoms with Crippen LogP contribution in [0.5, 0.6) is 11.5 Å². The number of fused-ring (bicyclic) bond motifs is 1. The molecule has 0 aliphatic carbocycles. The van der Waals surface area contributed by atoms with Gasteiger partial charge in [-0.15, -0.1) is 0 Å². The van der Waals surface area contributed by atoms with E-state index in [1.54, 1.807) is 25.4 Å². The summed E-state index contributed by atoms with van der Waals surface area (Å²) < 4.78 is 9.00. The molecule has 0 saturated heterocycles. The first kappa shape index (κ1) is 18.2. The number of nitrogens with zero attached hydrogens (tertiary/aromatic N) is 3. The fraction of sp³-hybridized carbons (Fsp3) is 0.0952. The Morgan fingerprint density at radius 1 is 1.07 bits per heavy atom. The number of carbonyl (C=O) groups excluding carboxylic acids is 1. The van der Waals surface area contributed by atoms with Crippen molar-refractivity contribution in [3.05, 3.63) is 71.0 Å². The van der Waals surface area contributed by atoms with Crippen molar-refractivity contribution in [3.63, 3.8) is 0 Å². The van der Waals surface area contributed by atoms with Gasteiger partial charge < -0.3 is 14.6 Å². The smallest absolute Gasteiger partial charge is 0.269 e. The Hall–Kier alpha value is -3.19. The Morgan fingerprint density at radius 2 is 1.82 bits per heavy atom. The van der Waals surface area contributed by atoms with Gasteiger partial charge in [0.25, 0.3) is 5.91 Å². The third-order valence-electron chi connectivity index (χ3n) is 4.38. The standard InChI is InChI=1S/C21H17BrN4O2/c1-23-21(27)18-12-16(9-10-24-18)28-15-7-8-19-17(11-15)25-20(26(19)2)13-3-5-14(22)6-4-13/h3-12H,1-2H3,(H,23,27). The highest BCUT2D eigenvalue weighted by atomic mass is 79.9. The third kappa shape index (κ3) is 3.48. The number of halogens is 1. The zero-order valence-corrected chi connectivity index (χ0v) is 16.9. The molecule has 4 aromatic rings. The maximum Gasteiger partial charge on any atom is 0.269 e. The van der Waals surface area contributed by atoms with Crippen LogP contribution < -0.4 is 10.1 Å². The van der Waals surface area contributed by atoms with Crippen LogP contribution in [-0.4, -0.2) is 27.5 Å². The fourth-order valence-electron chi connectivity index (χ4n) is 2.96. The van der Waals surface area contributed by atoms with Gasteiger partial charge in [-0.3, -0.25) is 9.78 Å². The van der Waals surface area contributed by atoms with Crippen LogP contribution in [0, 0.1) is 0 Å². The molecule has 1 amide bonds. The van der Waals surface area contributed by atoms with Crippen molar-refractivity contribution in [3.8, 4) is 22.9 Å². The highest BCUT2D eigenvalue weighted by Gasteiger charge is 2.12. The molecule has 2 aromatic carbocycles. The number of aromatic nitrogens is 3. The minimum absolute atomic E-state index is 0.259. The van der Waals surface area contributed by atoms with Crippen molar-refractivity contribution < 1.29 is 9.53 Å². The summed E-state index contributed by atoms with van der Waals surface area (Å²) in [5.41, 5.74) is 3.18. The molecule has 0 atom stereocenters. The summed E-state index contributed by atoms with van der Waals surface area (Å²) in [5, 5.41) is 2.55. The molecule has 0 aliphatic rings. The molecule has 4 rings (SSSR count). The van der Waals surface area contributed by atoms with Crippen molar-refractivity contribution in [2.24, 2.45) is 7.05 Å². The highest BCUT2D eigenvalue weighted by Crippen LogP contribution is 2.29. The molecular formula is C21H17BrN4O2. The molecule has 6 nitrogen and oxygen atoms in total. The quantitative estimate of drug-likeness (QED) is 0.509. The van der Waals surface area contributed by atoms with Crippen LogP contribution in [0.3, 0.4) is 0 Å². The predicted molar refractivity (Wildman–Crippen MR) is 112 cm³/mol. The number of amides is 1. The van der Waals surface area contributed by atoms with E-state index in [0.717, 1.165) is 26.9 Å². The van der Waals surface area contributed by atoms with Crippen LogP contribution in [0.25, 0.3) is 22.4 Å². The molecule has 140 valence electrons. The fourth-order valence-corrected chi connectivity index (χ4v) is 3.23. The second kappa shape index (κ2) is 7.44. The minimum atomic E-state index is -0.259. The molecule has 0 bridgehead atoms. The van der Waals surface area contributed by atoms with Crippen molar-refractivity contribution >= 4 is 32.9 Å². The number of imidazole rings is 1. The van der Waals surface area contributed by atoms with Gasteiger partial charge in [-0.1, -0.05) is 28.1 Å². The molecule has 1 N–H and O–H groups in total. The van der Waals surface area contributed by atoms with E-state index >= 15 is 0 Å². The Bertz CT molecular complexity index is 1170. The topological polar surface area (TPSA) is 69.0 Å². The zero-order chi connectivity index (χ0) is 19.7. The van der Waals surface area contributed by atoms with Crippen LogP contribution in [-0.2, 0) is 7.05 Å². The maximum atomic E-state index is 11.7. The molecule has 0 unspecified atom stereocenters. The molecule has 0 fully saturated rings. The molecule has 2 aromatic heterocycles. The summed E-state index contributed by atoms with van der Waals surface area (Å²) in [7, 11) is 3.56. The van der Waals surface area contributed by atoms with E-state index in [4.69, 9.17) is 9.72 Å². The number of ether oxygens (including phenoxy) is 1. The van der Waals surface area contributed by atoms with E-state index in [9.17, 15) is 4.79 Å². The average molecular weight is 437 g/mol. The first-order chi connectivity index (χ1) is 13.5. The largest absolute Gasteiger partial charge is 0.457 e. The molecule has 0 radical (unpaired) electrons. The lowest BCUT2D eigenvalue weighted by atomic mass is 10.2. The molecular weight excluding hydrogens is 420 g/mol. The number of carbonyl (C=O) groups is 1. The van der Waals surface area contributed by atoms with Gasteiger partial charge in [-0.25, -0.2) is 4.98 Å². The van der Waals surface area contributed by atoms with E-state index in [1.807, 2.05) is 49.5 Å². The second-order valence-electron chi connectivity index (χ2n) is 6.21. The first-order valence-electron chi connectivity index (χ1n) is 8.63. The minimum Gasteiger partial charge on any atom is -0.457 e. The van der Waals surface area contributed by atoms with Gasteiger partial charge in [0, 0.05) is 42.5 Å². The number of hydrogen-bond donors (Lipinski definition) is 1. The van der Waals surface area contributed by atoms with Crippen molar-refractivity contribution in [1.82, 2.24) is 19.9 Å². The van der Waals surface area contributed by atoms with E-state index < -0.39 is 0 Å². The van der Waals surface area contributed by atoms with Crippen LogP contribution >= 0.6 is 15.9 Å². The molecule has 7 heteroatoms. The molecule has 28 heavy (non-hydrogen) atoms. The monoisotopic (exact) mass is 436 g/mol. The normalized spacial score (nSPS) is 10.8. The Morgan fingerprint density at radius 3 is 2.57 bits per heavy atom. The summed E-state index contributed by atoms with van der Waals surface area (Å²) in [6.07, 6.45) is 1.55. The lowest BCUT2D eigenvalue weighted by Gasteiger charge is -2.07. The zero-order valence-electron chi connectivity index (χ0n) is 15.3. The van der Waals surface area contributed by atoms with E-state index in [0.29, 0.717) is 17.2 Å². The van der Waals surface area contributed by atoms with Crippen molar-refractivity contribution in [2.45, 2.75) is 0 Å². The average Bonchev–Trinajstić information content (AvgIpc) is 3.04. The van der Waals surface area contributed by atoms with E-state index in [1.165, 1.54) is 0 Å². The summed E-state index contributed by atoms with van der Waals surface area (Å²) in [6.45, 7) is 0. The maximum absolute atomic E-state index is 11.7. The van der Waals surface area contributed by atoms with Crippen molar-refractivity contribution in [2.75, 3.05) is 7.05 Å². The Kier molecular flexibility index (Phi) is 4.83. The summed E-state index contributed by atoms with van der Waals surface area (Å²) >= 11 is 3.46. The lowest BCUT2D eigenvalue weighted by molar-refractivity contribution is 0.0958. The van der Waals surface area contributed by atoms with E-state index in [-0.39, 0.29) is 5.91 Å². The number of pyridine rings is 1. The lowest BCUT2D eigenvalue weighted by Crippen LogP contribution is -2.18. The van der Waals surface area contributed by atoms with E-state index in [2.05, 4.69) is 30.8 Å². The summed E-state index contributed by atoms with van der Waals surface area (Å²) in [6, 6.07) is 17.1. The second-order valence-corrected chi connectivity index (χ2v) is 7.13. The summed E-state index contributed by atoms with van der Waals surface area (Å²) in [4.78, 5) is 20.6. The Labute approximate surface area is 170 Å². The van der Waals surface area contributed by atoms with Crippen LogP contribution in [0.4, 0.5) is 0 Å². The van der Waals surface area contributed by atoms with Gasteiger partial charge in [0.1, 0.15) is 23.0 Å². The molecule has 0 saturated carbocycles. The Balaban J connectivity index is 1.67. The van der Waals surface area contributed by atoms with Gasteiger partial charge in [-0.2, -0.15) is 0 Å². The van der Waals surface area contributed by atoms with Crippen molar-refractivity contribution in [1.29, 1.82) is 0 Å². The third-order valence-corrected chi connectivity index (χ3v) is 4.91. The van der Waals surface area contributed by atoms with Crippen LogP contribution in [0.15, 0.2) is 65.3 Å².